The van der Waals surface area contributed by atoms with Gasteiger partial charge >= 0.3 is 0 Å². The first-order valence-electron chi connectivity index (χ1n) is 5.92. The lowest BCUT2D eigenvalue weighted by Gasteiger charge is -2.11. The van der Waals surface area contributed by atoms with Gasteiger partial charge in [-0.15, -0.1) is 11.3 Å². The fraction of sp³-hybridized carbons (Fsp3) is 0.429. The standard InChI is InChI=1S/C14H19NOS/c1-9-5-6-14(16-9)11(3)15-8-13-7-10(2)17-12(13)4/h5-7,11,15H,8H2,1-4H3. The molecule has 0 saturated heterocycles. The molecule has 1 N–H and O–H groups in total. The van der Waals surface area contributed by atoms with Gasteiger partial charge in [-0.3, -0.25) is 0 Å². The molecule has 3 heteroatoms. The number of hydrogen-bond acceptors (Lipinski definition) is 3. The molecule has 17 heavy (non-hydrogen) atoms. The van der Waals surface area contributed by atoms with Crippen LogP contribution in [0.25, 0.3) is 0 Å². The summed E-state index contributed by atoms with van der Waals surface area (Å²) < 4.78 is 5.61. The van der Waals surface area contributed by atoms with Gasteiger partial charge < -0.3 is 9.73 Å². The molecule has 92 valence electrons. The summed E-state index contributed by atoms with van der Waals surface area (Å²) in [6.07, 6.45) is 0. The Morgan fingerprint density at radius 2 is 2.06 bits per heavy atom. The Kier molecular flexibility index (Phi) is 3.69. The van der Waals surface area contributed by atoms with E-state index in [1.165, 1.54) is 15.3 Å². The topological polar surface area (TPSA) is 25.2 Å². The average Bonchev–Trinajstić information content (AvgIpc) is 2.82. The lowest BCUT2D eigenvalue weighted by atomic mass is 10.2. The van der Waals surface area contributed by atoms with Gasteiger partial charge in [-0.1, -0.05) is 0 Å². The first-order valence-corrected chi connectivity index (χ1v) is 6.73. The van der Waals surface area contributed by atoms with Gasteiger partial charge in [-0.25, -0.2) is 0 Å². The Morgan fingerprint density at radius 3 is 2.59 bits per heavy atom. The van der Waals surface area contributed by atoms with Crippen molar-refractivity contribution in [3.8, 4) is 0 Å². The monoisotopic (exact) mass is 249 g/mol. The molecule has 1 unspecified atom stereocenters. The Bertz CT molecular complexity index is 498. The predicted molar refractivity (Wildman–Crippen MR) is 72.5 cm³/mol. The minimum atomic E-state index is 0.253. The van der Waals surface area contributed by atoms with E-state index in [4.69, 9.17) is 4.42 Å². The molecule has 2 rings (SSSR count). The summed E-state index contributed by atoms with van der Waals surface area (Å²) in [4.78, 5) is 2.78. The van der Waals surface area contributed by atoms with E-state index in [2.05, 4.69) is 32.2 Å². The lowest BCUT2D eigenvalue weighted by molar-refractivity contribution is 0.416. The van der Waals surface area contributed by atoms with Gasteiger partial charge in [0, 0.05) is 16.3 Å². The molecule has 0 aromatic carbocycles. The van der Waals surface area contributed by atoms with Crippen LogP contribution in [-0.2, 0) is 6.54 Å². The highest BCUT2D eigenvalue weighted by Gasteiger charge is 2.10. The molecule has 0 amide bonds. The van der Waals surface area contributed by atoms with E-state index in [-0.39, 0.29) is 6.04 Å². The van der Waals surface area contributed by atoms with E-state index < -0.39 is 0 Å². The minimum Gasteiger partial charge on any atom is -0.465 e. The molecule has 0 radical (unpaired) electrons. The molecule has 0 fully saturated rings. The SMILES string of the molecule is Cc1ccc(C(C)NCc2cc(C)sc2C)o1. The average molecular weight is 249 g/mol. The molecule has 2 aromatic heterocycles. The van der Waals surface area contributed by atoms with Crippen LogP contribution in [0.3, 0.4) is 0 Å². The molecule has 0 aliphatic rings. The van der Waals surface area contributed by atoms with Gasteiger partial charge in [0.05, 0.1) is 6.04 Å². The second kappa shape index (κ2) is 5.07. The summed E-state index contributed by atoms with van der Waals surface area (Å²) in [6, 6.07) is 6.56. The summed E-state index contributed by atoms with van der Waals surface area (Å²) in [5.41, 5.74) is 1.39. The van der Waals surface area contributed by atoms with Gasteiger partial charge in [-0.05, 0) is 51.5 Å². The molecule has 1 atom stereocenters. The Balaban J connectivity index is 1.96. The van der Waals surface area contributed by atoms with Crippen molar-refractivity contribution in [2.45, 2.75) is 40.3 Å². The summed E-state index contributed by atoms with van der Waals surface area (Å²) in [5.74, 6) is 1.98. The van der Waals surface area contributed by atoms with Crippen LogP contribution >= 0.6 is 11.3 Å². The van der Waals surface area contributed by atoms with Gasteiger partial charge in [0.1, 0.15) is 11.5 Å². The van der Waals surface area contributed by atoms with Gasteiger partial charge in [-0.2, -0.15) is 0 Å². The predicted octanol–water partition coefficient (Wildman–Crippen LogP) is 4.12. The Morgan fingerprint density at radius 1 is 1.29 bits per heavy atom. The van der Waals surface area contributed by atoms with Crippen LogP contribution in [0, 0.1) is 20.8 Å². The van der Waals surface area contributed by atoms with E-state index >= 15 is 0 Å². The normalized spacial score (nSPS) is 12.9. The summed E-state index contributed by atoms with van der Waals surface area (Å²) in [7, 11) is 0. The Labute approximate surface area is 107 Å². The molecule has 2 aromatic rings. The van der Waals surface area contributed by atoms with Crippen LogP contribution in [-0.4, -0.2) is 0 Å². The first kappa shape index (κ1) is 12.4. The van der Waals surface area contributed by atoms with Crippen molar-refractivity contribution in [3.63, 3.8) is 0 Å². The zero-order valence-corrected chi connectivity index (χ0v) is 11.6. The molecule has 0 aliphatic carbocycles. The van der Waals surface area contributed by atoms with Crippen molar-refractivity contribution < 1.29 is 4.42 Å². The lowest BCUT2D eigenvalue weighted by Crippen LogP contribution is -2.17. The number of rotatable bonds is 4. The van der Waals surface area contributed by atoms with E-state index in [0.29, 0.717) is 0 Å². The third-order valence-electron chi connectivity index (χ3n) is 2.93. The van der Waals surface area contributed by atoms with Crippen LogP contribution in [0.5, 0.6) is 0 Å². The molecule has 0 saturated carbocycles. The third kappa shape index (κ3) is 2.99. The molecule has 0 spiro atoms. The maximum Gasteiger partial charge on any atom is 0.120 e. The van der Waals surface area contributed by atoms with Crippen molar-refractivity contribution in [2.24, 2.45) is 0 Å². The number of hydrogen-bond donors (Lipinski definition) is 1. The first-order chi connectivity index (χ1) is 8.06. The van der Waals surface area contributed by atoms with Crippen molar-refractivity contribution in [3.05, 3.63) is 45.0 Å². The molecule has 0 bridgehead atoms. The second-order valence-corrected chi connectivity index (χ2v) is 5.95. The third-order valence-corrected chi connectivity index (χ3v) is 3.94. The summed E-state index contributed by atoms with van der Waals surface area (Å²) in [5, 5.41) is 3.50. The second-order valence-electron chi connectivity index (χ2n) is 4.49. The zero-order chi connectivity index (χ0) is 12.4. The van der Waals surface area contributed by atoms with E-state index in [9.17, 15) is 0 Å². The number of furan rings is 1. The number of nitrogens with one attached hydrogen (secondary N) is 1. The van der Waals surface area contributed by atoms with Gasteiger partial charge in [0.15, 0.2) is 0 Å². The summed E-state index contributed by atoms with van der Waals surface area (Å²) >= 11 is 1.86. The minimum absolute atomic E-state index is 0.253. The number of aryl methyl sites for hydroxylation is 3. The molecule has 2 nitrogen and oxygen atoms in total. The Hall–Kier alpha value is -1.06. The zero-order valence-electron chi connectivity index (χ0n) is 10.8. The van der Waals surface area contributed by atoms with Crippen molar-refractivity contribution in [2.75, 3.05) is 0 Å². The van der Waals surface area contributed by atoms with Crippen LogP contribution in [0.15, 0.2) is 22.6 Å². The van der Waals surface area contributed by atoms with Gasteiger partial charge in [0.25, 0.3) is 0 Å². The highest BCUT2D eigenvalue weighted by atomic mass is 32.1. The van der Waals surface area contributed by atoms with Gasteiger partial charge in [0.2, 0.25) is 0 Å². The fourth-order valence-corrected chi connectivity index (χ4v) is 2.86. The van der Waals surface area contributed by atoms with E-state index in [1.54, 1.807) is 0 Å². The molecule has 2 heterocycles. The highest BCUT2D eigenvalue weighted by Crippen LogP contribution is 2.22. The molecular weight excluding hydrogens is 230 g/mol. The van der Waals surface area contributed by atoms with Crippen LogP contribution < -0.4 is 5.32 Å². The van der Waals surface area contributed by atoms with E-state index in [0.717, 1.165) is 18.1 Å². The molecule has 0 aliphatic heterocycles. The van der Waals surface area contributed by atoms with Crippen LogP contribution in [0.2, 0.25) is 0 Å². The quantitative estimate of drug-likeness (QED) is 0.882. The fourth-order valence-electron chi connectivity index (χ4n) is 1.91. The van der Waals surface area contributed by atoms with E-state index in [1.807, 2.05) is 30.4 Å². The van der Waals surface area contributed by atoms with Crippen LogP contribution in [0.4, 0.5) is 0 Å². The van der Waals surface area contributed by atoms with Crippen molar-refractivity contribution in [1.82, 2.24) is 5.32 Å². The van der Waals surface area contributed by atoms with Crippen molar-refractivity contribution in [1.29, 1.82) is 0 Å². The van der Waals surface area contributed by atoms with Crippen molar-refractivity contribution >= 4 is 11.3 Å². The molecular formula is C14H19NOS. The maximum absolute atomic E-state index is 5.61. The maximum atomic E-state index is 5.61. The summed E-state index contributed by atoms with van der Waals surface area (Å²) in [6.45, 7) is 9.34. The number of thiophene rings is 1. The highest BCUT2D eigenvalue weighted by molar-refractivity contribution is 7.12. The smallest absolute Gasteiger partial charge is 0.120 e. The largest absolute Gasteiger partial charge is 0.465 e. The van der Waals surface area contributed by atoms with Crippen LogP contribution in [0.1, 0.15) is 39.8 Å².